The Hall–Kier alpha value is -0.280. The van der Waals surface area contributed by atoms with Crippen LogP contribution in [0.15, 0.2) is 0 Å². The number of hydrogen-bond donors (Lipinski definition) is 2. The summed E-state index contributed by atoms with van der Waals surface area (Å²) in [4.78, 5) is 12.5. The molecule has 3 fully saturated rings. The number of rotatable bonds is 2. The van der Waals surface area contributed by atoms with Gasteiger partial charge in [-0.2, -0.15) is 0 Å². The maximum absolute atomic E-state index is 12.5. The molecule has 0 bridgehead atoms. The largest absolute Gasteiger partial charge is 0.352 e. The average molecular weight is 315 g/mol. The lowest BCUT2D eigenvalue weighted by Crippen LogP contribution is -2.48. The molecule has 1 amide bonds. The molecule has 0 aromatic rings. The smallest absolute Gasteiger partial charge is 0.237 e. The fourth-order valence-electron chi connectivity index (χ4n) is 4.89. The molecule has 3 nitrogen and oxygen atoms in total. The number of nitrogens with one attached hydrogen (secondary N) is 2. The molecule has 122 valence electrons. The standard InChI is InChI=1S/C17H30N2O.ClH/c1-11-7-12(2)9-14(8-11)18-17(20)16-10-13-5-3-4-6-15(13)19-16;/h11-16,19H,3-10H2,1-2H3,(H,18,20);1H. The van der Waals surface area contributed by atoms with E-state index in [1.165, 1.54) is 32.1 Å². The Balaban J connectivity index is 0.00000161. The Morgan fingerprint density at radius 2 is 1.67 bits per heavy atom. The summed E-state index contributed by atoms with van der Waals surface area (Å²) >= 11 is 0. The maximum Gasteiger partial charge on any atom is 0.237 e. The van der Waals surface area contributed by atoms with Crippen LogP contribution in [-0.4, -0.2) is 24.0 Å². The molecule has 5 unspecified atom stereocenters. The van der Waals surface area contributed by atoms with Crippen LogP contribution in [0.3, 0.4) is 0 Å². The van der Waals surface area contributed by atoms with Gasteiger partial charge < -0.3 is 10.6 Å². The van der Waals surface area contributed by atoms with Crippen molar-refractivity contribution in [1.82, 2.24) is 10.6 Å². The number of carbonyl (C=O) groups excluding carboxylic acids is 1. The summed E-state index contributed by atoms with van der Waals surface area (Å²) in [7, 11) is 0. The third-order valence-corrected chi connectivity index (χ3v) is 5.70. The number of fused-ring (bicyclic) bond motifs is 1. The van der Waals surface area contributed by atoms with Gasteiger partial charge in [-0.3, -0.25) is 4.79 Å². The van der Waals surface area contributed by atoms with E-state index < -0.39 is 0 Å². The first-order valence-electron chi connectivity index (χ1n) is 8.68. The van der Waals surface area contributed by atoms with Crippen LogP contribution in [0.2, 0.25) is 0 Å². The predicted molar refractivity (Wildman–Crippen MR) is 88.6 cm³/mol. The highest BCUT2D eigenvalue weighted by molar-refractivity contribution is 5.85. The lowest BCUT2D eigenvalue weighted by Gasteiger charge is -2.32. The van der Waals surface area contributed by atoms with Crippen LogP contribution >= 0.6 is 12.4 Å². The summed E-state index contributed by atoms with van der Waals surface area (Å²) in [6.45, 7) is 4.63. The average Bonchev–Trinajstić information content (AvgIpc) is 2.81. The van der Waals surface area contributed by atoms with Crippen LogP contribution in [0.5, 0.6) is 0 Å². The van der Waals surface area contributed by atoms with Crippen molar-refractivity contribution in [2.24, 2.45) is 17.8 Å². The van der Waals surface area contributed by atoms with Crippen LogP contribution < -0.4 is 10.6 Å². The third-order valence-electron chi connectivity index (χ3n) is 5.70. The molecule has 0 spiro atoms. The van der Waals surface area contributed by atoms with Gasteiger partial charge >= 0.3 is 0 Å². The van der Waals surface area contributed by atoms with Crippen LogP contribution in [0.25, 0.3) is 0 Å². The SMILES string of the molecule is CC1CC(C)CC(NC(=O)C2CC3CCCCC3N2)C1.Cl. The highest BCUT2D eigenvalue weighted by atomic mass is 35.5. The monoisotopic (exact) mass is 314 g/mol. The fourth-order valence-corrected chi connectivity index (χ4v) is 4.89. The number of amides is 1. The van der Waals surface area contributed by atoms with Crippen molar-refractivity contribution in [2.45, 2.75) is 83.3 Å². The normalized spacial score (nSPS) is 42.8. The fraction of sp³-hybridized carbons (Fsp3) is 0.941. The van der Waals surface area contributed by atoms with Crippen molar-refractivity contribution in [1.29, 1.82) is 0 Å². The van der Waals surface area contributed by atoms with Gasteiger partial charge in [-0.15, -0.1) is 12.4 Å². The first-order valence-corrected chi connectivity index (χ1v) is 8.68. The molecule has 2 aliphatic carbocycles. The van der Waals surface area contributed by atoms with Gasteiger partial charge in [-0.05, 0) is 56.3 Å². The van der Waals surface area contributed by atoms with E-state index in [2.05, 4.69) is 24.5 Å². The van der Waals surface area contributed by atoms with E-state index >= 15 is 0 Å². The molecule has 21 heavy (non-hydrogen) atoms. The van der Waals surface area contributed by atoms with E-state index in [0.29, 0.717) is 12.1 Å². The van der Waals surface area contributed by atoms with Crippen molar-refractivity contribution < 1.29 is 4.79 Å². The molecule has 0 aromatic carbocycles. The Bertz CT molecular complexity index is 339. The molecule has 1 aliphatic heterocycles. The lowest BCUT2D eigenvalue weighted by molar-refractivity contribution is -0.124. The Morgan fingerprint density at radius 3 is 2.33 bits per heavy atom. The van der Waals surface area contributed by atoms with E-state index in [1.54, 1.807) is 0 Å². The Kier molecular flexibility index (Phi) is 5.96. The molecular formula is C17H31ClN2O. The Morgan fingerprint density at radius 1 is 1.00 bits per heavy atom. The lowest BCUT2D eigenvalue weighted by atomic mass is 9.80. The highest BCUT2D eigenvalue weighted by Crippen LogP contribution is 2.34. The predicted octanol–water partition coefficient (Wildman–Crippen LogP) is 3.27. The summed E-state index contributed by atoms with van der Waals surface area (Å²) in [5.41, 5.74) is 0. The number of carbonyl (C=O) groups is 1. The van der Waals surface area contributed by atoms with Crippen molar-refractivity contribution in [2.75, 3.05) is 0 Å². The summed E-state index contributed by atoms with van der Waals surface area (Å²) in [6, 6.07) is 1.10. The molecule has 0 radical (unpaired) electrons. The summed E-state index contributed by atoms with van der Waals surface area (Å²) < 4.78 is 0. The van der Waals surface area contributed by atoms with Gasteiger partial charge in [-0.1, -0.05) is 26.7 Å². The van der Waals surface area contributed by atoms with Gasteiger partial charge in [0.25, 0.3) is 0 Å². The van der Waals surface area contributed by atoms with E-state index in [1.807, 2.05) is 0 Å². The van der Waals surface area contributed by atoms with Crippen molar-refractivity contribution in [3.63, 3.8) is 0 Å². The molecule has 3 aliphatic rings. The topological polar surface area (TPSA) is 41.1 Å². The Labute approximate surface area is 135 Å². The van der Waals surface area contributed by atoms with Crippen LogP contribution in [0.4, 0.5) is 0 Å². The molecule has 3 rings (SSSR count). The van der Waals surface area contributed by atoms with Gasteiger partial charge in [0.05, 0.1) is 6.04 Å². The molecule has 4 heteroatoms. The second-order valence-electron chi connectivity index (χ2n) is 7.73. The quantitative estimate of drug-likeness (QED) is 0.821. The first kappa shape index (κ1) is 17.1. The minimum atomic E-state index is 0. The van der Waals surface area contributed by atoms with Crippen LogP contribution in [0.1, 0.15) is 65.2 Å². The molecule has 2 N–H and O–H groups in total. The second kappa shape index (κ2) is 7.32. The highest BCUT2D eigenvalue weighted by Gasteiger charge is 2.39. The van der Waals surface area contributed by atoms with E-state index in [-0.39, 0.29) is 24.4 Å². The third kappa shape index (κ3) is 4.13. The second-order valence-corrected chi connectivity index (χ2v) is 7.73. The molecule has 0 aromatic heterocycles. The van der Waals surface area contributed by atoms with Gasteiger partial charge in [0, 0.05) is 12.1 Å². The van der Waals surface area contributed by atoms with Gasteiger partial charge in [0.2, 0.25) is 5.91 Å². The van der Waals surface area contributed by atoms with E-state index in [9.17, 15) is 4.79 Å². The summed E-state index contributed by atoms with van der Waals surface area (Å²) in [5.74, 6) is 2.53. The summed E-state index contributed by atoms with van der Waals surface area (Å²) in [5, 5.41) is 6.92. The number of hydrogen-bond acceptors (Lipinski definition) is 2. The van der Waals surface area contributed by atoms with E-state index in [0.717, 1.165) is 37.0 Å². The van der Waals surface area contributed by atoms with Crippen molar-refractivity contribution in [3.8, 4) is 0 Å². The first-order chi connectivity index (χ1) is 9.61. The molecule has 5 atom stereocenters. The zero-order valence-corrected chi connectivity index (χ0v) is 14.3. The maximum atomic E-state index is 12.5. The molecule has 1 saturated heterocycles. The zero-order valence-electron chi connectivity index (χ0n) is 13.4. The minimum absolute atomic E-state index is 0. The van der Waals surface area contributed by atoms with Gasteiger partial charge in [0.15, 0.2) is 0 Å². The van der Waals surface area contributed by atoms with Crippen LogP contribution in [0, 0.1) is 17.8 Å². The van der Waals surface area contributed by atoms with Crippen molar-refractivity contribution in [3.05, 3.63) is 0 Å². The number of halogens is 1. The van der Waals surface area contributed by atoms with Gasteiger partial charge in [-0.25, -0.2) is 0 Å². The molecule has 1 heterocycles. The molecule has 2 saturated carbocycles. The molecular weight excluding hydrogens is 284 g/mol. The van der Waals surface area contributed by atoms with Crippen molar-refractivity contribution >= 4 is 18.3 Å². The van der Waals surface area contributed by atoms with E-state index in [4.69, 9.17) is 0 Å². The minimum Gasteiger partial charge on any atom is -0.352 e. The van der Waals surface area contributed by atoms with Gasteiger partial charge in [0.1, 0.15) is 0 Å². The summed E-state index contributed by atoms with van der Waals surface area (Å²) in [6.07, 6.45) is 9.98. The zero-order chi connectivity index (χ0) is 14.1. The van der Waals surface area contributed by atoms with Crippen LogP contribution in [-0.2, 0) is 4.79 Å².